The topological polar surface area (TPSA) is 137 Å². The quantitative estimate of drug-likeness (QED) is 0.324. The number of ether oxygens (including phenoxy) is 2. The maximum absolute atomic E-state index is 10.0. The fourth-order valence-electron chi connectivity index (χ4n) is 1.22. The summed E-state index contributed by atoms with van der Waals surface area (Å²) < 4.78 is 8.75. The van der Waals surface area contributed by atoms with Gasteiger partial charge in [0.05, 0.1) is 0 Å². The second-order valence-corrected chi connectivity index (χ2v) is 3.11. The third-order valence-electron chi connectivity index (χ3n) is 2.06. The van der Waals surface area contributed by atoms with Gasteiger partial charge < -0.3 is 35.0 Å². The summed E-state index contributed by atoms with van der Waals surface area (Å²) in [6.45, 7) is -0.544. The van der Waals surface area contributed by atoms with Crippen LogP contribution in [0.5, 0.6) is 0 Å². The van der Waals surface area contributed by atoms with Crippen LogP contribution in [0.3, 0.4) is 0 Å². The predicted octanol–water partition coefficient (Wildman–Crippen LogP) is -2.52. The lowest BCUT2D eigenvalue weighted by Gasteiger charge is -2.37. The Hall–Kier alpha value is -0.930. The summed E-state index contributed by atoms with van der Waals surface area (Å²) in [7, 11) is 0. The van der Waals surface area contributed by atoms with Gasteiger partial charge >= 0.3 is 6.16 Å². The van der Waals surface area contributed by atoms with Crippen molar-refractivity contribution in [1.29, 1.82) is 0 Å². The Labute approximate surface area is 84.3 Å². The molecule has 0 bridgehead atoms. The third kappa shape index (κ3) is 2.76. The summed E-state index contributed by atoms with van der Waals surface area (Å²) in [6.07, 6.45) is -9.25. The highest BCUT2D eigenvalue weighted by molar-refractivity contribution is 5.56. The number of hydrogen-bond acceptors (Lipinski definition) is 7. The molecule has 1 fully saturated rings. The van der Waals surface area contributed by atoms with Gasteiger partial charge in [0.25, 0.3) is 0 Å². The van der Waals surface area contributed by atoms with Crippen LogP contribution in [-0.4, -0.2) is 69.0 Å². The van der Waals surface area contributed by atoms with E-state index in [0.717, 1.165) is 0 Å². The fraction of sp³-hybridized carbons (Fsp3) is 0.857. The normalized spacial score (nSPS) is 41.2. The fourth-order valence-corrected chi connectivity index (χ4v) is 1.22. The molecule has 0 saturated carbocycles. The Bertz CT molecular complexity index is 231. The first-order valence-corrected chi connectivity index (χ1v) is 4.17. The maximum atomic E-state index is 10.0. The second-order valence-electron chi connectivity index (χ2n) is 3.11. The van der Waals surface area contributed by atoms with Gasteiger partial charge in [-0.1, -0.05) is 0 Å². The molecule has 1 saturated heterocycles. The largest absolute Gasteiger partial charge is 0.505 e. The smallest absolute Gasteiger partial charge is 0.450 e. The first-order chi connectivity index (χ1) is 6.93. The van der Waals surface area contributed by atoms with Gasteiger partial charge in [0.2, 0.25) is 0 Å². The van der Waals surface area contributed by atoms with E-state index in [9.17, 15) is 15.0 Å². The molecule has 1 unspecified atom stereocenters. The molecular formula is C7H12O8. The lowest BCUT2D eigenvalue weighted by molar-refractivity contribution is -0.286. The second kappa shape index (κ2) is 4.73. The molecule has 0 radical (unpaired) electrons. The van der Waals surface area contributed by atoms with Crippen molar-refractivity contribution < 1.29 is 39.8 Å². The zero-order chi connectivity index (χ0) is 11.6. The molecule has 1 aliphatic rings. The Morgan fingerprint density at radius 2 is 1.73 bits per heavy atom. The van der Waals surface area contributed by atoms with Crippen molar-refractivity contribution in [2.75, 3.05) is 6.61 Å². The van der Waals surface area contributed by atoms with E-state index < -0.39 is 43.5 Å². The summed E-state index contributed by atoms with van der Waals surface area (Å²) in [6, 6.07) is 0. The molecule has 0 amide bonds. The van der Waals surface area contributed by atoms with Gasteiger partial charge in [0.15, 0.2) is 6.29 Å². The summed E-state index contributed by atoms with van der Waals surface area (Å²) in [5.41, 5.74) is 0. The van der Waals surface area contributed by atoms with Crippen molar-refractivity contribution in [2.24, 2.45) is 0 Å². The number of hydrogen-bond donors (Lipinski definition) is 5. The standard InChI is InChI=1S/C7H12O8/c8-3-2(1-14-7(12)13)15-6(11)5(10)4(3)9/h2-6,8-11H,1H2,(H,12,13)/t2-,3-,4+,5-,6?/m1/s1. The minimum absolute atomic E-state index is 0.544. The van der Waals surface area contributed by atoms with Gasteiger partial charge in [0, 0.05) is 0 Å². The summed E-state index contributed by atoms with van der Waals surface area (Å²) in [5.74, 6) is 0. The maximum Gasteiger partial charge on any atom is 0.505 e. The lowest BCUT2D eigenvalue weighted by Crippen LogP contribution is -2.58. The highest BCUT2D eigenvalue weighted by Gasteiger charge is 2.43. The molecule has 0 aliphatic carbocycles. The molecule has 0 aromatic heterocycles. The summed E-state index contributed by atoms with van der Waals surface area (Å²) in [5, 5.41) is 44.8. The molecule has 88 valence electrons. The number of rotatable bonds is 2. The highest BCUT2D eigenvalue weighted by Crippen LogP contribution is 2.19. The lowest BCUT2D eigenvalue weighted by atomic mass is 9.99. The van der Waals surface area contributed by atoms with Crippen LogP contribution in [0.4, 0.5) is 4.79 Å². The molecule has 0 aromatic carbocycles. The van der Waals surface area contributed by atoms with E-state index in [1.165, 1.54) is 0 Å². The monoisotopic (exact) mass is 224 g/mol. The minimum Gasteiger partial charge on any atom is -0.450 e. The first-order valence-electron chi connectivity index (χ1n) is 4.17. The zero-order valence-electron chi connectivity index (χ0n) is 7.55. The molecule has 1 aliphatic heterocycles. The van der Waals surface area contributed by atoms with E-state index in [1.807, 2.05) is 0 Å². The van der Waals surface area contributed by atoms with Crippen molar-refractivity contribution >= 4 is 6.16 Å². The third-order valence-corrected chi connectivity index (χ3v) is 2.06. The van der Waals surface area contributed by atoms with Crippen LogP contribution in [0.25, 0.3) is 0 Å². The Morgan fingerprint density at radius 3 is 2.27 bits per heavy atom. The zero-order valence-corrected chi connectivity index (χ0v) is 7.55. The van der Waals surface area contributed by atoms with Crippen LogP contribution in [0.1, 0.15) is 0 Å². The number of aliphatic hydroxyl groups is 4. The molecule has 5 N–H and O–H groups in total. The van der Waals surface area contributed by atoms with E-state index >= 15 is 0 Å². The van der Waals surface area contributed by atoms with Crippen molar-refractivity contribution in [1.82, 2.24) is 0 Å². The average Bonchev–Trinajstić information content (AvgIpc) is 2.18. The number of carboxylic acid groups (broad SMARTS) is 1. The minimum atomic E-state index is -1.69. The van der Waals surface area contributed by atoms with Gasteiger partial charge in [-0.3, -0.25) is 0 Å². The molecule has 8 heteroatoms. The molecule has 5 atom stereocenters. The number of aliphatic hydroxyl groups excluding tert-OH is 4. The SMILES string of the molecule is O=C(O)OC[C@H]1OC(O)[C@H](O)[C@@H](O)[C@@H]1O. The summed E-state index contributed by atoms with van der Waals surface area (Å²) >= 11 is 0. The van der Waals surface area contributed by atoms with E-state index in [4.69, 9.17) is 15.3 Å². The van der Waals surface area contributed by atoms with Crippen molar-refractivity contribution in [3.05, 3.63) is 0 Å². The van der Waals surface area contributed by atoms with Crippen molar-refractivity contribution in [2.45, 2.75) is 30.7 Å². The Kier molecular flexibility index (Phi) is 3.83. The van der Waals surface area contributed by atoms with Gasteiger partial charge in [-0.15, -0.1) is 0 Å². The van der Waals surface area contributed by atoms with Gasteiger partial charge in [-0.25, -0.2) is 4.79 Å². The predicted molar refractivity (Wildman–Crippen MR) is 42.9 cm³/mol. The van der Waals surface area contributed by atoms with Crippen LogP contribution < -0.4 is 0 Å². The van der Waals surface area contributed by atoms with Crippen molar-refractivity contribution in [3.8, 4) is 0 Å². The van der Waals surface area contributed by atoms with Gasteiger partial charge in [-0.2, -0.15) is 0 Å². The molecule has 1 rings (SSSR count). The van der Waals surface area contributed by atoms with E-state index in [-0.39, 0.29) is 0 Å². The molecule has 1 heterocycles. The molecule has 0 spiro atoms. The Morgan fingerprint density at radius 1 is 1.13 bits per heavy atom. The van der Waals surface area contributed by atoms with Crippen molar-refractivity contribution in [3.63, 3.8) is 0 Å². The molecule has 0 aromatic rings. The molecule has 8 nitrogen and oxygen atoms in total. The van der Waals surface area contributed by atoms with E-state index in [1.54, 1.807) is 0 Å². The first kappa shape index (κ1) is 12.1. The molecule has 15 heavy (non-hydrogen) atoms. The average molecular weight is 224 g/mol. The molecular weight excluding hydrogens is 212 g/mol. The summed E-state index contributed by atoms with van der Waals surface area (Å²) in [4.78, 5) is 10.0. The van der Waals surface area contributed by atoms with Gasteiger partial charge in [0.1, 0.15) is 31.0 Å². The van der Waals surface area contributed by atoms with Crippen LogP contribution in [0.15, 0.2) is 0 Å². The van der Waals surface area contributed by atoms with Crippen LogP contribution in [-0.2, 0) is 9.47 Å². The van der Waals surface area contributed by atoms with Crippen LogP contribution in [0.2, 0.25) is 0 Å². The van der Waals surface area contributed by atoms with E-state index in [2.05, 4.69) is 9.47 Å². The van der Waals surface area contributed by atoms with Crippen LogP contribution >= 0.6 is 0 Å². The van der Waals surface area contributed by atoms with Gasteiger partial charge in [-0.05, 0) is 0 Å². The number of carbonyl (C=O) groups is 1. The highest BCUT2D eigenvalue weighted by atomic mass is 16.7. The van der Waals surface area contributed by atoms with Crippen LogP contribution in [0, 0.1) is 0 Å². The van der Waals surface area contributed by atoms with E-state index in [0.29, 0.717) is 0 Å². The Balaban J connectivity index is 2.54.